The highest BCUT2D eigenvalue weighted by molar-refractivity contribution is 5.97. The van der Waals surface area contributed by atoms with Gasteiger partial charge in [0.15, 0.2) is 0 Å². The Kier molecular flexibility index (Phi) is 8.27. The van der Waals surface area contributed by atoms with Gasteiger partial charge < -0.3 is 25.3 Å². The standard InChI is InChI=1S/C25H32N4O3/c1-4-29(5-2)14-15-32-21-12-10-20(11-13-21)28-25(31)24(27-18(3)30)16-19-17-26-23-9-7-6-8-22(19)23/h6-13,17,24,26H,4-5,14-16H2,1-3H3,(H,27,30)(H,28,31). The van der Waals surface area contributed by atoms with Gasteiger partial charge in [0, 0.05) is 42.7 Å². The first kappa shape index (κ1) is 23.3. The molecule has 0 bridgehead atoms. The van der Waals surface area contributed by atoms with Crippen molar-refractivity contribution in [3.63, 3.8) is 0 Å². The number of fused-ring (bicyclic) bond motifs is 1. The van der Waals surface area contributed by atoms with E-state index in [0.717, 1.165) is 41.9 Å². The summed E-state index contributed by atoms with van der Waals surface area (Å²) in [4.78, 5) is 30.2. The molecule has 0 saturated heterocycles. The van der Waals surface area contributed by atoms with E-state index >= 15 is 0 Å². The summed E-state index contributed by atoms with van der Waals surface area (Å²) in [5.74, 6) is 0.245. The first-order valence-electron chi connectivity index (χ1n) is 11.1. The van der Waals surface area contributed by atoms with E-state index in [-0.39, 0.29) is 11.8 Å². The van der Waals surface area contributed by atoms with Crippen molar-refractivity contribution in [2.75, 3.05) is 31.6 Å². The molecule has 3 rings (SSSR count). The van der Waals surface area contributed by atoms with Crippen LogP contribution in [0.3, 0.4) is 0 Å². The summed E-state index contributed by atoms with van der Waals surface area (Å²) in [6, 6.07) is 14.5. The Hall–Kier alpha value is -3.32. The monoisotopic (exact) mass is 436 g/mol. The predicted octanol–water partition coefficient (Wildman–Crippen LogP) is 3.57. The summed E-state index contributed by atoms with van der Waals surface area (Å²) in [5.41, 5.74) is 2.63. The van der Waals surface area contributed by atoms with Crippen molar-refractivity contribution >= 4 is 28.4 Å². The third-order valence-electron chi connectivity index (χ3n) is 5.49. The van der Waals surface area contributed by atoms with E-state index in [1.807, 2.05) is 42.6 Å². The minimum atomic E-state index is -0.684. The Morgan fingerprint density at radius 2 is 1.78 bits per heavy atom. The second-order valence-electron chi connectivity index (χ2n) is 7.71. The van der Waals surface area contributed by atoms with Crippen molar-refractivity contribution in [2.45, 2.75) is 33.2 Å². The molecule has 1 heterocycles. The molecular formula is C25H32N4O3. The van der Waals surface area contributed by atoms with Crippen LogP contribution in [0.25, 0.3) is 10.9 Å². The fraction of sp³-hybridized carbons (Fsp3) is 0.360. The number of carbonyl (C=O) groups excluding carboxylic acids is 2. The molecule has 0 saturated carbocycles. The summed E-state index contributed by atoms with van der Waals surface area (Å²) in [6.07, 6.45) is 2.28. The normalized spacial score (nSPS) is 12.0. The number of aromatic nitrogens is 1. The number of likely N-dealkylation sites (N-methyl/N-ethyl adjacent to an activating group) is 1. The Morgan fingerprint density at radius 1 is 1.06 bits per heavy atom. The lowest BCUT2D eigenvalue weighted by Crippen LogP contribution is -2.44. The number of hydrogen-bond acceptors (Lipinski definition) is 4. The molecule has 32 heavy (non-hydrogen) atoms. The molecule has 0 fully saturated rings. The van der Waals surface area contributed by atoms with Crippen molar-refractivity contribution < 1.29 is 14.3 Å². The first-order valence-corrected chi connectivity index (χ1v) is 11.1. The Bertz CT molecular complexity index is 1030. The number of para-hydroxylation sites is 1. The van der Waals surface area contributed by atoms with Crippen LogP contribution in [0.4, 0.5) is 5.69 Å². The number of benzene rings is 2. The minimum absolute atomic E-state index is 0.248. The molecule has 3 N–H and O–H groups in total. The zero-order valence-corrected chi connectivity index (χ0v) is 19.0. The second-order valence-corrected chi connectivity index (χ2v) is 7.71. The smallest absolute Gasteiger partial charge is 0.247 e. The molecule has 2 amide bonds. The largest absolute Gasteiger partial charge is 0.492 e. The molecule has 170 valence electrons. The van der Waals surface area contributed by atoms with Gasteiger partial charge in [0.1, 0.15) is 18.4 Å². The molecule has 1 unspecified atom stereocenters. The molecule has 0 radical (unpaired) electrons. The number of ether oxygens (including phenoxy) is 1. The number of amides is 2. The number of hydrogen-bond donors (Lipinski definition) is 3. The summed E-state index contributed by atoms with van der Waals surface area (Å²) in [5, 5.41) is 6.71. The third kappa shape index (κ3) is 6.34. The van der Waals surface area contributed by atoms with Crippen LogP contribution in [-0.4, -0.2) is 54.0 Å². The van der Waals surface area contributed by atoms with Gasteiger partial charge in [0.05, 0.1) is 0 Å². The average Bonchev–Trinajstić information content (AvgIpc) is 3.20. The highest BCUT2D eigenvalue weighted by atomic mass is 16.5. The summed E-state index contributed by atoms with van der Waals surface area (Å²) in [6.45, 7) is 9.17. The fourth-order valence-electron chi connectivity index (χ4n) is 3.67. The molecule has 3 aromatic rings. The van der Waals surface area contributed by atoms with Crippen molar-refractivity contribution in [1.29, 1.82) is 0 Å². The van der Waals surface area contributed by atoms with Gasteiger partial charge >= 0.3 is 0 Å². The zero-order valence-electron chi connectivity index (χ0n) is 19.0. The van der Waals surface area contributed by atoms with E-state index in [4.69, 9.17) is 4.74 Å². The number of carbonyl (C=O) groups is 2. The van der Waals surface area contributed by atoms with Gasteiger partial charge in [-0.1, -0.05) is 32.0 Å². The third-order valence-corrected chi connectivity index (χ3v) is 5.49. The SMILES string of the molecule is CCN(CC)CCOc1ccc(NC(=O)C(Cc2c[nH]c3ccccc23)NC(C)=O)cc1. The number of aromatic amines is 1. The number of anilines is 1. The van der Waals surface area contributed by atoms with Gasteiger partial charge in [-0.25, -0.2) is 0 Å². The maximum absolute atomic E-state index is 12.9. The predicted molar refractivity (Wildman–Crippen MR) is 128 cm³/mol. The van der Waals surface area contributed by atoms with Crippen molar-refractivity contribution in [3.05, 3.63) is 60.3 Å². The van der Waals surface area contributed by atoms with Crippen LogP contribution < -0.4 is 15.4 Å². The van der Waals surface area contributed by atoms with Gasteiger partial charge in [-0.2, -0.15) is 0 Å². The van der Waals surface area contributed by atoms with E-state index in [0.29, 0.717) is 18.7 Å². The maximum atomic E-state index is 12.9. The minimum Gasteiger partial charge on any atom is -0.492 e. The summed E-state index contributed by atoms with van der Waals surface area (Å²) in [7, 11) is 0. The molecule has 0 spiro atoms. The van der Waals surface area contributed by atoms with Crippen molar-refractivity contribution in [3.8, 4) is 5.75 Å². The fourth-order valence-corrected chi connectivity index (χ4v) is 3.67. The molecule has 1 atom stereocenters. The van der Waals surface area contributed by atoms with E-state index in [9.17, 15) is 9.59 Å². The molecule has 1 aromatic heterocycles. The Morgan fingerprint density at radius 3 is 2.47 bits per heavy atom. The molecule has 7 nitrogen and oxygen atoms in total. The van der Waals surface area contributed by atoms with Gasteiger partial charge in [0.2, 0.25) is 11.8 Å². The highest BCUT2D eigenvalue weighted by Gasteiger charge is 2.21. The van der Waals surface area contributed by atoms with Crippen LogP contribution in [0.5, 0.6) is 5.75 Å². The van der Waals surface area contributed by atoms with Crippen LogP contribution >= 0.6 is 0 Å². The molecule has 0 aliphatic rings. The quantitative estimate of drug-likeness (QED) is 0.429. The van der Waals surface area contributed by atoms with Crippen LogP contribution in [-0.2, 0) is 16.0 Å². The number of nitrogens with zero attached hydrogens (tertiary/aromatic N) is 1. The summed E-state index contributed by atoms with van der Waals surface area (Å²) >= 11 is 0. The average molecular weight is 437 g/mol. The number of nitrogens with one attached hydrogen (secondary N) is 3. The molecule has 7 heteroatoms. The topological polar surface area (TPSA) is 86.5 Å². The van der Waals surface area contributed by atoms with Crippen LogP contribution in [0, 0.1) is 0 Å². The van der Waals surface area contributed by atoms with Crippen molar-refractivity contribution in [2.24, 2.45) is 0 Å². The lowest BCUT2D eigenvalue weighted by molar-refractivity contribution is -0.125. The molecule has 0 aliphatic carbocycles. The van der Waals surface area contributed by atoms with E-state index < -0.39 is 6.04 Å². The second kappa shape index (κ2) is 11.3. The Labute approximate surface area is 189 Å². The van der Waals surface area contributed by atoms with Gasteiger partial charge in [0.25, 0.3) is 0 Å². The van der Waals surface area contributed by atoms with Gasteiger partial charge in [-0.3, -0.25) is 9.59 Å². The summed E-state index contributed by atoms with van der Waals surface area (Å²) < 4.78 is 5.80. The number of H-pyrrole nitrogens is 1. The van der Waals surface area contributed by atoms with Crippen LogP contribution in [0.15, 0.2) is 54.7 Å². The lowest BCUT2D eigenvalue weighted by Gasteiger charge is -2.19. The maximum Gasteiger partial charge on any atom is 0.247 e. The number of rotatable bonds is 11. The van der Waals surface area contributed by atoms with Crippen molar-refractivity contribution in [1.82, 2.24) is 15.2 Å². The zero-order chi connectivity index (χ0) is 22.9. The van der Waals surface area contributed by atoms with E-state index in [1.165, 1.54) is 6.92 Å². The molecular weight excluding hydrogens is 404 g/mol. The van der Waals surface area contributed by atoms with Gasteiger partial charge in [-0.15, -0.1) is 0 Å². The van der Waals surface area contributed by atoms with Crippen LogP contribution in [0.1, 0.15) is 26.3 Å². The first-order chi connectivity index (χ1) is 15.5. The van der Waals surface area contributed by atoms with E-state index in [1.54, 1.807) is 12.1 Å². The van der Waals surface area contributed by atoms with Crippen LogP contribution in [0.2, 0.25) is 0 Å². The highest BCUT2D eigenvalue weighted by Crippen LogP contribution is 2.20. The Balaban J connectivity index is 1.61. The van der Waals surface area contributed by atoms with Gasteiger partial charge in [-0.05, 0) is 49.0 Å². The molecule has 2 aromatic carbocycles. The lowest BCUT2D eigenvalue weighted by atomic mass is 10.0. The van der Waals surface area contributed by atoms with E-state index in [2.05, 4.69) is 34.4 Å². The molecule has 0 aliphatic heterocycles.